The van der Waals surface area contributed by atoms with E-state index >= 15 is 0 Å². The lowest BCUT2D eigenvalue weighted by Crippen LogP contribution is -2.01. The van der Waals surface area contributed by atoms with E-state index < -0.39 is 0 Å². The first kappa shape index (κ1) is 8.49. The molecule has 1 nitrogen and oxygen atoms in total. The number of benzene rings is 1. The molecule has 0 amide bonds. The zero-order chi connectivity index (χ0) is 7.94. The van der Waals surface area contributed by atoms with Crippen LogP contribution in [0.3, 0.4) is 0 Å². The zero-order valence-electron chi connectivity index (χ0n) is 6.79. The highest BCUT2D eigenvalue weighted by Gasteiger charge is 1.91. The fraction of sp³-hybridized carbons (Fsp3) is 0.333. The van der Waals surface area contributed by atoms with Crippen LogP contribution in [0.25, 0.3) is 0 Å². The van der Waals surface area contributed by atoms with Gasteiger partial charge in [0.15, 0.2) is 9.76 Å². The molecule has 0 aliphatic heterocycles. The van der Waals surface area contributed by atoms with Crippen molar-refractivity contribution >= 4 is 9.76 Å². The van der Waals surface area contributed by atoms with Gasteiger partial charge in [0.2, 0.25) is 0 Å². The Morgan fingerprint density at radius 3 is 2.64 bits per heavy atom. The Morgan fingerprint density at radius 1 is 1.27 bits per heavy atom. The molecule has 0 fully saturated rings. The summed E-state index contributed by atoms with van der Waals surface area (Å²) < 4.78 is 5.32. The molecule has 1 rings (SSSR count). The van der Waals surface area contributed by atoms with Gasteiger partial charge >= 0.3 is 0 Å². The first-order chi connectivity index (χ1) is 5.43. The second kappa shape index (κ2) is 5.10. The number of hydrogen-bond acceptors (Lipinski definition) is 1. The standard InChI is InChI=1S/C9H13OSi/c1-2-10-11-8-9-6-4-3-5-7-9/h3-7,11H,2,8H2,1H3. The number of hydrogen-bond donors (Lipinski definition) is 0. The van der Waals surface area contributed by atoms with Gasteiger partial charge in [0.05, 0.1) is 0 Å². The molecule has 0 bridgehead atoms. The van der Waals surface area contributed by atoms with Crippen molar-refractivity contribution in [2.45, 2.75) is 13.0 Å². The Balaban J connectivity index is 2.28. The van der Waals surface area contributed by atoms with Gasteiger partial charge in [-0.1, -0.05) is 30.3 Å². The second-order valence-corrected chi connectivity index (χ2v) is 3.39. The van der Waals surface area contributed by atoms with Crippen molar-refractivity contribution in [2.75, 3.05) is 6.61 Å². The normalized spacial score (nSPS) is 9.91. The predicted octanol–water partition coefficient (Wildman–Crippen LogP) is 1.57. The highest BCUT2D eigenvalue weighted by Crippen LogP contribution is 1.97. The van der Waals surface area contributed by atoms with E-state index in [1.807, 2.05) is 13.0 Å². The predicted molar refractivity (Wildman–Crippen MR) is 48.9 cm³/mol. The van der Waals surface area contributed by atoms with Crippen LogP contribution in [0.2, 0.25) is 0 Å². The molecular weight excluding hydrogens is 152 g/mol. The molecule has 0 saturated heterocycles. The van der Waals surface area contributed by atoms with Gasteiger partial charge in [-0.3, -0.25) is 0 Å². The number of rotatable bonds is 4. The lowest BCUT2D eigenvalue weighted by Gasteiger charge is -1.98. The van der Waals surface area contributed by atoms with Crippen LogP contribution in [0.4, 0.5) is 0 Å². The molecule has 2 heteroatoms. The molecule has 1 aromatic carbocycles. The van der Waals surface area contributed by atoms with Crippen LogP contribution < -0.4 is 0 Å². The monoisotopic (exact) mass is 165 g/mol. The van der Waals surface area contributed by atoms with Gasteiger partial charge in [-0.25, -0.2) is 0 Å². The van der Waals surface area contributed by atoms with E-state index in [0.29, 0.717) is 0 Å². The molecule has 1 radical (unpaired) electrons. The van der Waals surface area contributed by atoms with Crippen molar-refractivity contribution in [3.05, 3.63) is 35.9 Å². The topological polar surface area (TPSA) is 9.23 Å². The highest BCUT2D eigenvalue weighted by molar-refractivity contribution is 6.26. The van der Waals surface area contributed by atoms with Crippen molar-refractivity contribution in [3.63, 3.8) is 0 Å². The maximum Gasteiger partial charge on any atom is 0.197 e. The van der Waals surface area contributed by atoms with Crippen LogP contribution in [0, 0.1) is 0 Å². The third-order valence-electron chi connectivity index (χ3n) is 1.45. The average molecular weight is 165 g/mol. The lowest BCUT2D eigenvalue weighted by atomic mass is 10.2. The molecule has 0 aromatic heterocycles. The van der Waals surface area contributed by atoms with E-state index in [9.17, 15) is 0 Å². The van der Waals surface area contributed by atoms with E-state index in [-0.39, 0.29) is 9.76 Å². The minimum absolute atomic E-state index is 0.161. The van der Waals surface area contributed by atoms with Crippen LogP contribution >= 0.6 is 0 Å². The molecule has 0 heterocycles. The minimum atomic E-state index is 0.161. The summed E-state index contributed by atoms with van der Waals surface area (Å²) in [6.07, 6.45) is 0. The molecule has 0 aliphatic carbocycles. The van der Waals surface area contributed by atoms with E-state index in [1.54, 1.807) is 0 Å². The van der Waals surface area contributed by atoms with E-state index in [1.165, 1.54) is 5.56 Å². The summed E-state index contributed by atoms with van der Waals surface area (Å²) in [5, 5.41) is 0. The summed E-state index contributed by atoms with van der Waals surface area (Å²) in [6.45, 7) is 2.89. The van der Waals surface area contributed by atoms with Crippen LogP contribution in [-0.4, -0.2) is 16.4 Å². The second-order valence-electron chi connectivity index (χ2n) is 2.31. The van der Waals surface area contributed by atoms with Crippen LogP contribution in [0.15, 0.2) is 30.3 Å². The highest BCUT2D eigenvalue weighted by atomic mass is 28.2. The third kappa shape index (κ3) is 3.35. The maximum absolute atomic E-state index is 5.32. The Bertz CT molecular complexity index is 186. The Morgan fingerprint density at radius 2 is 2.00 bits per heavy atom. The first-order valence-electron chi connectivity index (χ1n) is 3.90. The fourth-order valence-corrected chi connectivity index (χ4v) is 1.71. The molecule has 0 aliphatic rings. The van der Waals surface area contributed by atoms with Crippen molar-refractivity contribution < 1.29 is 4.43 Å². The van der Waals surface area contributed by atoms with Gasteiger partial charge in [-0.05, 0) is 18.5 Å². The van der Waals surface area contributed by atoms with Crippen LogP contribution in [0.1, 0.15) is 12.5 Å². The van der Waals surface area contributed by atoms with Crippen molar-refractivity contribution in [2.24, 2.45) is 0 Å². The summed E-state index contributed by atoms with van der Waals surface area (Å²) in [5.74, 6) is 0. The lowest BCUT2D eigenvalue weighted by molar-refractivity contribution is 0.360. The van der Waals surface area contributed by atoms with Gasteiger partial charge in [0, 0.05) is 6.61 Å². The summed E-state index contributed by atoms with van der Waals surface area (Å²) in [6, 6.07) is 11.6. The summed E-state index contributed by atoms with van der Waals surface area (Å²) in [7, 11) is 0.161. The molecule has 0 atom stereocenters. The summed E-state index contributed by atoms with van der Waals surface area (Å²) >= 11 is 0. The Labute approximate surface area is 70.3 Å². The van der Waals surface area contributed by atoms with Gasteiger partial charge in [-0.15, -0.1) is 0 Å². The van der Waals surface area contributed by atoms with Gasteiger partial charge in [-0.2, -0.15) is 0 Å². The van der Waals surface area contributed by atoms with Crippen LogP contribution in [0.5, 0.6) is 0 Å². The largest absolute Gasteiger partial charge is 0.421 e. The van der Waals surface area contributed by atoms with E-state index in [2.05, 4.69) is 24.3 Å². The molecule has 0 N–H and O–H groups in total. The Hall–Kier alpha value is -0.603. The third-order valence-corrected chi connectivity index (χ3v) is 2.65. The van der Waals surface area contributed by atoms with E-state index in [0.717, 1.165) is 12.7 Å². The zero-order valence-corrected chi connectivity index (χ0v) is 7.94. The van der Waals surface area contributed by atoms with Gasteiger partial charge in [0.25, 0.3) is 0 Å². The molecule has 1 aromatic rings. The molecular formula is C9H13OSi. The minimum Gasteiger partial charge on any atom is -0.421 e. The quantitative estimate of drug-likeness (QED) is 0.486. The van der Waals surface area contributed by atoms with Crippen molar-refractivity contribution in [1.82, 2.24) is 0 Å². The molecule has 0 unspecified atom stereocenters. The summed E-state index contributed by atoms with van der Waals surface area (Å²) in [5.41, 5.74) is 1.39. The smallest absolute Gasteiger partial charge is 0.197 e. The summed E-state index contributed by atoms with van der Waals surface area (Å²) in [4.78, 5) is 0. The van der Waals surface area contributed by atoms with Gasteiger partial charge in [0.1, 0.15) is 0 Å². The first-order valence-corrected chi connectivity index (χ1v) is 5.19. The molecule has 0 spiro atoms. The maximum atomic E-state index is 5.32. The van der Waals surface area contributed by atoms with Crippen LogP contribution in [-0.2, 0) is 10.5 Å². The average Bonchev–Trinajstić information content (AvgIpc) is 2.07. The molecule has 11 heavy (non-hydrogen) atoms. The SMILES string of the molecule is CCO[SiH]Cc1ccccc1. The fourth-order valence-electron chi connectivity index (χ4n) is 0.887. The molecule has 59 valence electrons. The molecule has 0 saturated carbocycles. The van der Waals surface area contributed by atoms with E-state index in [4.69, 9.17) is 4.43 Å². The Kier molecular flexibility index (Phi) is 3.94. The van der Waals surface area contributed by atoms with Crippen molar-refractivity contribution in [1.29, 1.82) is 0 Å². The van der Waals surface area contributed by atoms with Crippen molar-refractivity contribution in [3.8, 4) is 0 Å². The van der Waals surface area contributed by atoms with Gasteiger partial charge < -0.3 is 4.43 Å².